The van der Waals surface area contributed by atoms with Crippen LogP contribution in [0.5, 0.6) is 0 Å². The summed E-state index contributed by atoms with van der Waals surface area (Å²) in [4.78, 5) is 0. The Labute approximate surface area is 92.7 Å². The van der Waals surface area contributed by atoms with Crippen LogP contribution in [0, 0.1) is 13.0 Å². The van der Waals surface area contributed by atoms with E-state index < -0.39 is 0 Å². The molecule has 0 aliphatic carbocycles. The van der Waals surface area contributed by atoms with Crippen molar-refractivity contribution in [2.24, 2.45) is 0 Å². The second-order valence-corrected chi connectivity index (χ2v) is 4.03. The Hall–Kier alpha value is -1.08. The summed E-state index contributed by atoms with van der Waals surface area (Å²) in [5.41, 5.74) is 3.56. The van der Waals surface area contributed by atoms with Crippen molar-refractivity contribution >= 4 is 15.9 Å². The molecule has 0 atom stereocenters. The first-order chi connectivity index (χ1) is 6.77. The molecule has 0 saturated carbocycles. The fourth-order valence-electron chi connectivity index (χ4n) is 1.40. The maximum Gasteiger partial charge on any atom is 0.0335 e. The summed E-state index contributed by atoms with van der Waals surface area (Å²) >= 11 is 3.53. The summed E-state index contributed by atoms with van der Waals surface area (Å²) in [6, 6.07) is 17.8. The Morgan fingerprint density at radius 2 is 1.71 bits per heavy atom. The molecule has 0 nitrogen and oxygen atoms in total. The molecular formula is C13H10Br. The fraction of sp³-hybridized carbons (Fsp3) is 0.0769. The minimum absolute atomic E-state index is 1.03. The van der Waals surface area contributed by atoms with E-state index in [1.54, 1.807) is 0 Å². The van der Waals surface area contributed by atoms with E-state index in [1.807, 2.05) is 25.1 Å². The lowest BCUT2D eigenvalue weighted by Gasteiger charge is -2.04. The standard InChI is InChI=1S/C13H10Br/c1-10-7-8-12(13(14)9-10)11-5-3-2-4-6-11/h2-8H,1H3. The molecule has 0 heterocycles. The van der Waals surface area contributed by atoms with E-state index in [9.17, 15) is 0 Å². The summed E-state index contributed by atoms with van der Waals surface area (Å²) in [5.74, 6) is 0. The number of aryl methyl sites for hydroxylation is 1. The molecule has 0 amide bonds. The molecule has 0 N–H and O–H groups in total. The van der Waals surface area contributed by atoms with Gasteiger partial charge in [-0.15, -0.1) is 0 Å². The van der Waals surface area contributed by atoms with Gasteiger partial charge in [-0.3, -0.25) is 0 Å². The smallest absolute Gasteiger partial charge is 0.0335 e. The fourth-order valence-corrected chi connectivity index (χ4v) is 2.08. The first-order valence-corrected chi connectivity index (χ1v) is 5.30. The lowest BCUT2D eigenvalue weighted by atomic mass is 10.0. The van der Waals surface area contributed by atoms with Gasteiger partial charge in [0.1, 0.15) is 0 Å². The van der Waals surface area contributed by atoms with Crippen LogP contribution in [-0.4, -0.2) is 0 Å². The van der Waals surface area contributed by atoms with Crippen LogP contribution in [0.3, 0.4) is 0 Å². The van der Waals surface area contributed by atoms with Crippen molar-refractivity contribution < 1.29 is 0 Å². The third-order valence-electron chi connectivity index (χ3n) is 2.13. The average Bonchev–Trinajstić information content (AvgIpc) is 2.19. The van der Waals surface area contributed by atoms with Crippen molar-refractivity contribution in [3.05, 3.63) is 58.6 Å². The van der Waals surface area contributed by atoms with Gasteiger partial charge in [-0.05, 0) is 39.5 Å². The summed E-state index contributed by atoms with van der Waals surface area (Å²) in [7, 11) is 0. The molecule has 0 saturated heterocycles. The Kier molecular flexibility index (Phi) is 2.69. The molecule has 1 radical (unpaired) electrons. The Bertz CT molecular complexity index is 432. The lowest BCUT2D eigenvalue weighted by Crippen LogP contribution is -1.81. The van der Waals surface area contributed by atoms with Crippen LogP contribution in [0.4, 0.5) is 0 Å². The third-order valence-corrected chi connectivity index (χ3v) is 2.75. The van der Waals surface area contributed by atoms with Crippen LogP contribution in [0.25, 0.3) is 11.1 Å². The predicted octanol–water partition coefficient (Wildman–Crippen LogP) is 4.22. The molecule has 0 bridgehead atoms. The second kappa shape index (κ2) is 3.97. The number of rotatable bonds is 1. The molecule has 2 aromatic rings. The first kappa shape index (κ1) is 9.47. The summed E-state index contributed by atoms with van der Waals surface area (Å²) < 4.78 is 1.03. The summed E-state index contributed by atoms with van der Waals surface area (Å²) in [5, 5.41) is 0. The molecule has 0 aliphatic rings. The SMILES string of the molecule is Cc1[c]c(Br)c(-c2ccccc2)cc1. The van der Waals surface area contributed by atoms with E-state index in [4.69, 9.17) is 0 Å². The minimum atomic E-state index is 1.03. The molecule has 1 heteroatoms. The van der Waals surface area contributed by atoms with E-state index in [1.165, 1.54) is 11.1 Å². The summed E-state index contributed by atoms with van der Waals surface area (Å²) in [6.07, 6.45) is 0. The Morgan fingerprint density at radius 3 is 2.36 bits per heavy atom. The molecule has 2 aromatic carbocycles. The number of hydrogen-bond donors (Lipinski definition) is 0. The highest BCUT2D eigenvalue weighted by atomic mass is 79.9. The molecule has 14 heavy (non-hydrogen) atoms. The summed E-state index contributed by atoms with van der Waals surface area (Å²) in [6.45, 7) is 2.04. The molecule has 0 unspecified atom stereocenters. The van der Waals surface area contributed by atoms with Gasteiger partial charge in [0.15, 0.2) is 0 Å². The van der Waals surface area contributed by atoms with Gasteiger partial charge in [0.2, 0.25) is 0 Å². The second-order valence-electron chi connectivity index (χ2n) is 3.24. The highest BCUT2D eigenvalue weighted by Gasteiger charge is 2.01. The third kappa shape index (κ3) is 1.88. The molecule has 2 rings (SSSR count). The van der Waals surface area contributed by atoms with Crippen molar-refractivity contribution in [2.75, 3.05) is 0 Å². The lowest BCUT2D eigenvalue weighted by molar-refractivity contribution is 1.43. The average molecular weight is 246 g/mol. The molecule has 69 valence electrons. The van der Waals surface area contributed by atoms with Gasteiger partial charge in [0.25, 0.3) is 0 Å². The molecule has 0 fully saturated rings. The largest absolute Gasteiger partial charge is 0.0622 e. The minimum Gasteiger partial charge on any atom is -0.0622 e. The van der Waals surface area contributed by atoms with Crippen molar-refractivity contribution in [1.82, 2.24) is 0 Å². The van der Waals surface area contributed by atoms with Crippen LogP contribution in [0.2, 0.25) is 0 Å². The zero-order valence-corrected chi connectivity index (χ0v) is 9.51. The molecule has 0 aliphatic heterocycles. The number of halogens is 1. The van der Waals surface area contributed by atoms with Crippen LogP contribution < -0.4 is 0 Å². The van der Waals surface area contributed by atoms with E-state index >= 15 is 0 Å². The van der Waals surface area contributed by atoms with Crippen LogP contribution in [0.1, 0.15) is 5.56 Å². The molecule has 0 aromatic heterocycles. The molecular weight excluding hydrogens is 236 g/mol. The van der Waals surface area contributed by atoms with Gasteiger partial charge in [-0.2, -0.15) is 0 Å². The number of benzene rings is 2. The van der Waals surface area contributed by atoms with Gasteiger partial charge >= 0.3 is 0 Å². The monoisotopic (exact) mass is 245 g/mol. The maximum atomic E-state index is 3.53. The Balaban J connectivity index is 2.53. The van der Waals surface area contributed by atoms with Crippen molar-refractivity contribution in [2.45, 2.75) is 6.92 Å². The van der Waals surface area contributed by atoms with Crippen LogP contribution in [0.15, 0.2) is 46.9 Å². The topological polar surface area (TPSA) is 0 Å². The van der Waals surface area contributed by atoms with Crippen LogP contribution in [-0.2, 0) is 0 Å². The highest BCUT2D eigenvalue weighted by Crippen LogP contribution is 2.28. The van der Waals surface area contributed by atoms with Gasteiger partial charge in [-0.25, -0.2) is 0 Å². The predicted molar refractivity (Wildman–Crippen MR) is 63.2 cm³/mol. The van der Waals surface area contributed by atoms with Gasteiger partial charge in [-0.1, -0.05) is 42.5 Å². The van der Waals surface area contributed by atoms with Crippen molar-refractivity contribution in [1.29, 1.82) is 0 Å². The zero-order valence-electron chi connectivity index (χ0n) is 7.92. The normalized spacial score (nSPS) is 10.1. The quantitative estimate of drug-likeness (QED) is 0.706. The van der Waals surface area contributed by atoms with E-state index in [0.717, 1.165) is 10.0 Å². The van der Waals surface area contributed by atoms with Gasteiger partial charge in [0.05, 0.1) is 0 Å². The number of hydrogen-bond acceptors (Lipinski definition) is 0. The van der Waals surface area contributed by atoms with Crippen molar-refractivity contribution in [3.63, 3.8) is 0 Å². The molecule has 0 spiro atoms. The first-order valence-electron chi connectivity index (χ1n) is 4.51. The highest BCUT2D eigenvalue weighted by molar-refractivity contribution is 9.10. The van der Waals surface area contributed by atoms with E-state index in [0.29, 0.717) is 0 Å². The van der Waals surface area contributed by atoms with E-state index in [2.05, 4.69) is 46.3 Å². The van der Waals surface area contributed by atoms with Crippen molar-refractivity contribution in [3.8, 4) is 11.1 Å². The van der Waals surface area contributed by atoms with Gasteiger partial charge < -0.3 is 0 Å². The van der Waals surface area contributed by atoms with Crippen LogP contribution >= 0.6 is 15.9 Å². The zero-order chi connectivity index (χ0) is 9.97. The van der Waals surface area contributed by atoms with Gasteiger partial charge in [0, 0.05) is 10.5 Å². The van der Waals surface area contributed by atoms with E-state index in [-0.39, 0.29) is 0 Å². The maximum absolute atomic E-state index is 3.53. The Morgan fingerprint density at radius 1 is 1.00 bits per heavy atom.